The van der Waals surface area contributed by atoms with Crippen LogP contribution in [0.5, 0.6) is 0 Å². The molecule has 1 nitrogen and oxygen atoms in total. The number of hydrogen-bond acceptors (Lipinski definition) is 2. The molecule has 0 aliphatic carbocycles. The Morgan fingerprint density at radius 1 is 1.38 bits per heavy atom. The van der Waals surface area contributed by atoms with Crippen molar-refractivity contribution in [3.63, 3.8) is 0 Å². The molecule has 1 fully saturated rings. The van der Waals surface area contributed by atoms with Crippen LogP contribution in [0.15, 0.2) is 24.3 Å². The van der Waals surface area contributed by atoms with Crippen molar-refractivity contribution >= 4 is 18.0 Å². The van der Waals surface area contributed by atoms with Gasteiger partial charge in [-0.25, -0.2) is 0 Å². The lowest BCUT2D eigenvalue weighted by Crippen LogP contribution is -2.16. The van der Waals surface area contributed by atoms with Gasteiger partial charge in [0.15, 0.2) is 0 Å². The minimum absolute atomic E-state index is 0.584. The first-order chi connectivity index (χ1) is 7.81. The predicted molar refractivity (Wildman–Crippen MR) is 70.3 cm³/mol. The molecule has 1 atom stereocenters. The fraction of sp³-hybridized carbons (Fsp3) is 0.500. The minimum atomic E-state index is 0.584. The molecular formula is C14H18OS. The topological polar surface area (TPSA) is 17.1 Å². The summed E-state index contributed by atoms with van der Waals surface area (Å²) in [5, 5.41) is 0. The molecule has 1 unspecified atom stereocenters. The van der Waals surface area contributed by atoms with Gasteiger partial charge in [0.25, 0.3) is 0 Å². The standard InChI is InChI=1S/C14H18OS/c1-11(13-5-7-16-8-6-13)14-4-2-3-12(9-14)10-15/h2-4,9-11,13H,5-8H2,1H3. The van der Waals surface area contributed by atoms with Crippen LogP contribution >= 0.6 is 11.8 Å². The average Bonchev–Trinajstić information content (AvgIpc) is 2.39. The van der Waals surface area contributed by atoms with Gasteiger partial charge in [-0.1, -0.05) is 25.1 Å². The van der Waals surface area contributed by atoms with Gasteiger partial charge in [-0.3, -0.25) is 4.79 Å². The Bertz CT molecular complexity index is 356. The molecule has 1 aliphatic heterocycles. The van der Waals surface area contributed by atoms with Crippen molar-refractivity contribution in [1.82, 2.24) is 0 Å². The van der Waals surface area contributed by atoms with Crippen molar-refractivity contribution in [2.45, 2.75) is 25.7 Å². The third kappa shape index (κ3) is 2.67. The van der Waals surface area contributed by atoms with E-state index in [1.165, 1.54) is 29.9 Å². The molecule has 1 saturated heterocycles. The van der Waals surface area contributed by atoms with Gasteiger partial charge in [0.1, 0.15) is 6.29 Å². The molecular weight excluding hydrogens is 216 g/mol. The number of benzene rings is 1. The Kier molecular flexibility index (Phi) is 4.05. The van der Waals surface area contributed by atoms with Crippen LogP contribution in [0.1, 0.15) is 41.6 Å². The molecule has 2 heteroatoms. The van der Waals surface area contributed by atoms with Crippen LogP contribution in [-0.4, -0.2) is 17.8 Å². The first-order valence-corrected chi connectivity index (χ1v) is 7.09. The number of hydrogen-bond donors (Lipinski definition) is 0. The van der Waals surface area contributed by atoms with Gasteiger partial charge in [-0.2, -0.15) is 11.8 Å². The summed E-state index contributed by atoms with van der Waals surface area (Å²) in [6.07, 6.45) is 3.57. The highest BCUT2D eigenvalue weighted by Gasteiger charge is 2.21. The van der Waals surface area contributed by atoms with Crippen molar-refractivity contribution < 1.29 is 4.79 Å². The highest BCUT2D eigenvalue weighted by atomic mass is 32.2. The normalized spacial score (nSPS) is 19.3. The van der Waals surface area contributed by atoms with Crippen LogP contribution in [0, 0.1) is 5.92 Å². The SMILES string of the molecule is CC(c1cccc(C=O)c1)C1CCSCC1. The molecule has 0 spiro atoms. The van der Waals surface area contributed by atoms with Crippen LogP contribution in [0.4, 0.5) is 0 Å². The molecule has 1 aliphatic rings. The molecule has 2 rings (SSSR count). The number of carbonyl (C=O) groups excluding carboxylic acids is 1. The van der Waals surface area contributed by atoms with Gasteiger partial charge in [-0.15, -0.1) is 0 Å². The van der Waals surface area contributed by atoms with Crippen molar-refractivity contribution in [1.29, 1.82) is 0 Å². The zero-order chi connectivity index (χ0) is 11.4. The van der Waals surface area contributed by atoms with E-state index in [1.54, 1.807) is 0 Å². The van der Waals surface area contributed by atoms with E-state index < -0.39 is 0 Å². The second kappa shape index (κ2) is 5.53. The molecule has 0 N–H and O–H groups in total. The summed E-state index contributed by atoms with van der Waals surface area (Å²) in [5.74, 6) is 3.97. The highest BCUT2D eigenvalue weighted by Crippen LogP contribution is 2.34. The summed E-state index contributed by atoms with van der Waals surface area (Å²) in [7, 11) is 0. The maximum Gasteiger partial charge on any atom is 0.150 e. The van der Waals surface area contributed by atoms with E-state index in [9.17, 15) is 4.79 Å². The minimum Gasteiger partial charge on any atom is -0.298 e. The Labute approximate surface area is 102 Å². The van der Waals surface area contributed by atoms with E-state index in [1.807, 2.05) is 18.2 Å². The summed E-state index contributed by atoms with van der Waals surface area (Å²) in [6.45, 7) is 2.30. The van der Waals surface area contributed by atoms with E-state index in [2.05, 4.69) is 24.8 Å². The Morgan fingerprint density at radius 3 is 2.81 bits per heavy atom. The maximum atomic E-state index is 10.8. The fourth-order valence-electron chi connectivity index (χ4n) is 2.40. The summed E-state index contributed by atoms with van der Waals surface area (Å²) in [4.78, 5) is 10.8. The number of carbonyl (C=O) groups is 1. The Hall–Kier alpha value is -0.760. The molecule has 0 aromatic heterocycles. The zero-order valence-electron chi connectivity index (χ0n) is 9.69. The van der Waals surface area contributed by atoms with E-state index in [4.69, 9.17) is 0 Å². The maximum absolute atomic E-state index is 10.8. The average molecular weight is 234 g/mol. The predicted octanol–water partition coefficient (Wildman–Crippen LogP) is 3.75. The third-order valence-electron chi connectivity index (χ3n) is 3.55. The van der Waals surface area contributed by atoms with Gasteiger partial charge in [0, 0.05) is 5.56 Å². The van der Waals surface area contributed by atoms with E-state index in [0.717, 1.165) is 17.8 Å². The summed E-state index contributed by atoms with van der Waals surface area (Å²) in [6, 6.07) is 8.06. The zero-order valence-corrected chi connectivity index (χ0v) is 10.5. The molecule has 16 heavy (non-hydrogen) atoms. The van der Waals surface area contributed by atoms with Gasteiger partial charge >= 0.3 is 0 Å². The fourth-order valence-corrected chi connectivity index (χ4v) is 3.55. The van der Waals surface area contributed by atoms with Crippen molar-refractivity contribution in [2.75, 3.05) is 11.5 Å². The molecule has 1 aromatic rings. The Balaban J connectivity index is 2.12. The second-order valence-electron chi connectivity index (χ2n) is 4.53. The molecule has 0 radical (unpaired) electrons. The molecule has 0 bridgehead atoms. The van der Waals surface area contributed by atoms with Crippen LogP contribution in [0.25, 0.3) is 0 Å². The summed E-state index contributed by atoms with van der Waals surface area (Å²) >= 11 is 2.06. The van der Waals surface area contributed by atoms with Crippen molar-refractivity contribution in [3.8, 4) is 0 Å². The van der Waals surface area contributed by atoms with Crippen LogP contribution in [0.2, 0.25) is 0 Å². The van der Waals surface area contributed by atoms with E-state index in [0.29, 0.717) is 5.92 Å². The third-order valence-corrected chi connectivity index (χ3v) is 4.59. The quantitative estimate of drug-likeness (QED) is 0.741. The number of aldehydes is 1. The lowest BCUT2D eigenvalue weighted by molar-refractivity contribution is 0.112. The van der Waals surface area contributed by atoms with Gasteiger partial charge in [0.05, 0.1) is 0 Å². The monoisotopic (exact) mass is 234 g/mol. The number of rotatable bonds is 3. The molecule has 1 aromatic carbocycles. The van der Waals surface area contributed by atoms with Gasteiger partial charge < -0.3 is 0 Å². The highest BCUT2D eigenvalue weighted by molar-refractivity contribution is 7.99. The lowest BCUT2D eigenvalue weighted by Gasteiger charge is -2.27. The van der Waals surface area contributed by atoms with Crippen LogP contribution in [0.3, 0.4) is 0 Å². The smallest absolute Gasteiger partial charge is 0.150 e. The summed E-state index contributed by atoms with van der Waals surface area (Å²) < 4.78 is 0. The van der Waals surface area contributed by atoms with Crippen LogP contribution in [-0.2, 0) is 0 Å². The molecule has 0 amide bonds. The first-order valence-electron chi connectivity index (χ1n) is 5.94. The largest absolute Gasteiger partial charge is 0.298 e. The second-order valence-corrected chi connectivity index (χ2v) is 5.75. The first kappa shape index (κ1) is 11.7. The molecule has 0 saturated carbocycles. The van der Waals surface area contributed by atoms with Gasteiger partial charge in [-0.05, 0) is 47.8 Å². The van der Waals surface area contributed by atoms with Crippen molar-refractivity contribution in [3.05, 3.63) is 35.4 Å². The number of thioether (sulfide) groups is 1. The van der Waals surface area contributed by atoms with Gasteiger partial charge in [0.2, 0.25) is 0 Å². The molecule has 1 heterocycles. The molecule has 86 valence electrons. The van der Waals surface area contributed by atoms with Crippen molar-refractivity contribution in [2.24, 2.45) is 5.92 Å². The van der Waals surface area contributed by atoms with E-state index in [-0.39, 0.29) is 0 Å². The van der Waals surface area contributed by atoms with E-state index >= 15 is 0 Å². The summed E-state index contributed by atoms with van der Waals surface area (Å²) in [5.41, 5.74) is 2.12. The lowest BCUT2D eigenvalue weighted by atomic mass is 9.83. The van der Waals surface area contributed by atoms with Crippen LogP contribution < -0.4 is 0 Å². The Morgan fingerprint density at radius 2 is 2.12 bits per heavy atom.